The summed E-state index contributed by atoms with van der Waals surface area (Å²) < 4.78 is 116. The van der Waals surface area contributed by atoms with Crippen molar-refractivity contribution >= 4 is 41.6 Å². The highest BCUT2D eigenvalue weighted by Crippen LogP contribution is 2.39. The fourth-order valence-corrected chi connectivity index (χ4v) is 5.98. The molecule has 15 heteroatoms. The van der Waals surface area contributed by atoms with Gasteiger partial charge in [-0.15, -0.1) is 0 Å². The summed E-state index contributed by atoms with van der Waals surface area (Å²) in [6.07, 6.45) is -2.91. The van der Waals surface area contributed by atoms with Crippen LogP contribution in [-0.2, 0) is 24.5 Å². The zero-order chi connectivity index (χ0) is 18.9. The van der Waals surface area contributed by atoms with Crippen molar-refractivity contribution in [1.29, 1.82) is 0 Å². The Kier molecular flexibility index (Phi) is 6.95. The Morgan fingerprint density at radius 3 is 1.57 bits per heavy atom. The molecule has 0 aromatic heterocycles. The smallest absolute Gasteiger partial charge is 0.481 e. The number of carboxylic acids is 1. The molecule has 0 saturated heterocycles. The first-order chi connectivity index (χ1) is 9.94. The Morgan fingerprint density at radius 2 is 1.30 bits per heavy atom. The molecule has 6 nitrogen and oxygen atoms in total. The highest BCUT2D eigenvalue weighted by atomic mass is 79.9. The zero-order valence-corrected chi connectivity index (χ0v) is 13.9. The molecule has 23 heavy (non-hydrogen) atoms. The van der Waals surface area contributed by atoms with Gasteiger partial charge in [-0.1, -0.05) is 15.9 Å². The number of alkyl halides is 7. The third kappa shape index (κ3) is 5.48. The van der Waals surface area contributed by atoms with Crippen molar-refractivity contribution in [3.05, 3.63) is 0 Å². The first-order valence-corrected chi connectivity index (χ1v) is 9.41. The van der Waals surface area contributed by atoms with E-state index in [-0.39, 0.29) is 0 Å². The summed E-state index contributed by atoms with van der Waals surface area (Å²) in [5.41, 5.74) is -12.5. The average Bonchev–Trinajstić information content (AvgIpc) is 2.29. The normalized spacial score (nSPS) is 15.7. The monoisotopic (exact) mass is 458 g/mol. The van der Waals surface area contributed by atoms with Gasteiger partial charge >= 0.3 is 17.0 Å². The van der Waals surface area contributed by atoms with Crippen LogP contribution < -0.4 is 0 Å². The second-order valence-electron chi connectivity index (χ2n) is 4.18. The summed E-state index contributed by atoms with van der Waals surface area (Å²) in [6, 6.07) is 0. The first-order valence-electron chi connectivity index (χ1n) is 5.40. The number of hydrogen-bond donors (Lipinski definition) is 1. The van der Waals surface area contributed by atoms with Crippen LogP contribution in [0.5, 0.6) is 0 Å². The van der Waals surface area contributed by atoms with Crippen molar-refractivity contribution in [2.75, 3.05) is 0 Å². The number of sulfone groups is 2. The van der Waals surface area contributed by atoms with Crippen LogP contribution in [-0.4, -0.2) is 48.3 Å². The van der Waals surface area contributed by atoms with Crippen LogP contribution in [0.2, 0.25) is 0 Å². The molecule has 0 bridgehead atoms. The minimum absolute atomic E-state index is 0.577. The molecule has 0 aromatic carbocycles. The highest BCUT2D eigenvalue weighted by Gasteiger charge is 2.62. The molecule has 0 heterocycles. The van der Waals surface area contributed by atoms with Crippen LogP contribution in [0.1, 0.15) is 19.3 Å². The van der Waals surface area contributed by atoms with Gasteiger partial charge in [0.15, 0.2) is 4.58 Å². The lowest BCUT2D eigenvalue weighted by Crippen LogP contribution is -2.46. The van der Waals surface area contributed by atoms with E-state index in [0.29, 0.717) is 0 Å². The summed E-state index contributed by atoms with van der Waals surface area (Å²) >= 11 is 2.50. The zero-order valence-electron chi connectivity index (χ0n) is 10.7. The van der Waals surface area contributed by atoms with Crippen molar-refractivity contribution < 1.29 is 53.1 Å². The van der Waals surface area contributed by atoms with Gasteiger partial charge in [-0.2, -0.15) is 26.3 Å². The van der Waals surface area contributed by atoms with Crippen molar-refractivity contribution in [2.24, 2.45) is 0 Å². The molecule has 0 radical (unpaired) electrons. The largest absolute Gasteiger partial charge is 0.498 e. The van der Waals surface area contributed by atoms with E-state index in [1.807, 2.05) is 0 Å². The summed E-state index contributed by atoms with van der Waals surface area (Å²) in [5.74, 6) is -1.46. The molecule has 1 N–H and O–H groups in total. The standard InChI is InChI=1S/C8H9BrF6O6S2/c9-4(1-2-5(16)17)3-6(22(18,19)7(10,11)12)23(20,21)8(13,14)15/h4,6H,1-3H2,(H,16,17). The van der Waals surface area contributed by atoms with Gasteiger partial charge in [0.1, 0.15) is 0 Å². The summed E-state index contributed by atoms with van der Waals surface area (Å²) in [4.78, 5) is 8.77. The van der Waals surface area contributed by atoms with E-state index in [4.69, 9.17) is 5.11 Å². The van der Waals surface area contributed by atoms with Gasteiger partial charge in [-0.3, -0.25) is 4.79 Å². The number of carboxylic acid groups (broad SMARTS) is 1. The Labute approximate surface area is 134 Å². The molecule has 0 amide bonds. The molecule has 0 fully saturated rings. The molecular weight excluding hydrogens is 450 g/mol. The van der Waals surface area contributed by atoms with Gasteiger partial charge in [0.2, 0.25) is 0 Å². The lowest BCUT2D eigenvalue weighted by Gasteiger charge is -2.22. The SMILES string of the molecule is O=C(O)CCC(Br)CC(S(=O)(=O)C(F)(F)F)S(=O)(=O)C(F)(F)F. The van der Waals surface area contributed by atoms with E-state index in [9.17, 15) is 48.0 Å². The second-order valence-corrected chi connectivity index (χ2v) is 10.0. The third-order valence-electron chi connectivity index (χ3n) is 2.46. The van der Waals surface area contributed by atoms with E-state index < -0.39 is 65.3 Å². The van der Waals surface area contributed by atoms with Gasteiger partial charge in [-0.05, 0) is 12.8 Å². The maximum absolute atomic E-state index is 12.4. The quantitative estimate of drug-likeness (QED) is 0.463. The Balaban J connectivity index is 5.84. The molecule has 1 unspecified atom stereocenters. The van der Waals surface area contributed by atoms with E-state index in [2.05, 4.69) is 15.9 Å². The van der Waals surface area contributed by atoms with Gasteiger partial charge in [0, 0.05) is 11.2 Å². The average molecular weight is 459 g/mol. The minimum Gasteiger partial charge on any atom is -0.481 e. The molecule has 0 aromatic rings. The Bertz CT molecular complexity index is 593. The predicted octanol–water partition coefficient (Wildman–Crippen LogP) is 2.20. The maximum atomic E-state index is 12.4. The van der Waals surface area contributed by atoms with Crippen LogP contribution in [0.15, 0.2) is 0 Å². The third-order valence-corrected chi connectivity index (χ3v) is 7.87. The summed E-state index contributed by atoms with van der Waals surface area (Å²) in [7, 11) is -13.4. The van der Waals surface area contributed by atoms with Gasteiger partial charge in [-0.25, -0.2) is 16.8 Å². The van der Waals surface area contributed by atoms with Crippen LogP contribution in [0.4, 0.5) is 26.3 Å². The van der Waals surface area contributed by atoms with Gasteiger partial charge < -0.3 is 5.11 Å². The highest BCUT2D eigenvalue weighted by molar-refractivity contribution is 9.09. The van der Waals surface area contributed by atoms with E-state index >= 15 is 0 Å². The summed E-state index contributed by atoms with van der Waals surface area (Å²) in [6.45, 7) is 0. The number of hydrogen-bond acceptors (Lipinski definition) is 5. The van der Waals surface area contributed by atoms with Crippen molar-refractivity contribution in [3.8, 4) is 0 Å². The van der Waals surface area contributed by atoms with Crippen molar-refractivity contribution in [3.63, 3.8) is 0 Å². The fourth-order valence-electron chi connectivity index (χ4n) is 1.32. The number of aliphatic carboxylic acids is 1. The predicted molar refractivity (Wildman–Crippen MR) is 67.9 cm³/mol. The lowest BCUT2D eigenvalue weighted by molar-refractivity contribution is -0.137. The molecule has 138 valence electrons. The first kappa shape index (κ1) is 22.4. The molecule has 0 aliphatic rings. The fraction of sp³-hybridized carbons (Fsp3) is 0.875. The Morgan fingerprint density at radius 1 is 0.957 bits per heavy atom. The van der Waals surface area contributed by atoms with Crippen LogP contribution in [0.25, 0.3) is 0 Å². The minimum atomic E-state index is -6.70. The van der Waals surface area contributed by atoms with Crippen LogP contribution >= 0.6 is 15.9 Å². The molecule has 0 spiro atoms. The van der Waals surface area contributed by atoms with Crippen LogP contribution in [0.3, 0.4) is 0 Å². The number of halogens is 7. The van der Waals surface area contributed by atoms with E-state index in [1.165, 1.54) is 0 Å². The topological polar surface area (TPSA) is 106 Å². The molecule has 0 rings (SSSR count). The van der Waals surface area contributed by atoms with Gasteiger partial charge in [0.25, 0.3) is 19.7 Å². The Hall–Kier alpha value is -0.570. The molecule has 1 atom stereocenters. The number of rotatable bonds is 7. The lowest BCUT2D eigenvalue weighted by atomic mass is 10.2. The van der Waals surface area contributed by atoms with Crippen molar-refractivity contribution in [2.45, 2.75) is 39.7 Å². The van der Waals surface area contributed by atoms with E-state index in [0.717, 1.165) is 0 Å². The number of carbonyl (C=O) groups is 1. The molecular formula is C8H9BrF6O6S2. The van der Waals surface area contributed by atoms with Gasteiger partial charge in [0.05, 0.1) is 0 Å². The second kappa shape index (κ2) is 7.13. The molecule has 0 aliphatic carbocycles. The van der Waals surface area contributed by atoms with Crippen LogP contribution in [0, 0.1) is 0 Å². The van der Waals surface area contributed by atoms with Crippen molar-refractivity contribution in [1.82, 2.24) is 0 Å². The molecule has 0 aliphatic heterocycles. The maximum Gasteiger partial charge on any atom is 0.498 e. The molecule has 0 saturated carbocycles. The summed E-state index contributed by atoms with van der Waals surface area (Å²) in [5, 5.41) is 8.36. The van der Waals surface area contributed by atoms with E-state index in [1.54, 1.807) is 0 Å².